The number of rotatable bonds is 47. The lowest BCUT2D eigenvalue weighted by atomic mass is 9.76. The Kier molecular flexibility index (Phi) is 38.9. The molecule has 380 valence electrons. The van der Waals surface area contributed by atoms with Crippen LogP contribution in [0.3, 0.4) is 0 Å². The van der Waals surface area contributed by atoms with Gasteiger partial charge in [-0.3, -0.25) is 14.4 Å². The molecule has 0 saturated heterocycles. The van der Waals surface area contributed by atoms with Crippen molar-refractivity contribution in [2.45, 2.75) is 201 Å². The number of ether oxygens (including phenoxy) is 6. The minimum atomic E-state index is -1.11. The lowest BCUT2D eigenvalue weighted by Gasteiger charge is -2.29. The zero-order chi connectivity index (χ0) is 48.4. The van der Waals surface area contributed by atoms with Crippen LogP contribution in [0.2, 0.25) is 0 Å². The summed E-state index contributed by atoms with van der Waals surface area (Å²) in [6.07, 6.45) is 26.0. The van der Waals surface area contributed by atoms with E-state index in [-0.39, 0.29) is 45.0 Å². The highest BCUT2D eigenvalue weighted by Crippen LogP contribution is 2.35. The highest BCUT2D eigenvalue weighted by atomic mass is 16.6. The summed E-state index contributed by atoms with van der Waals surface area (Å²) in [5.74, 6) is -4.33. The lowest BCUT2D eigenvalue weighted by molar-refractivity contribution is -0.159. The largest absolute Gasteiger partial charge is 0.481 e. The smallest absolute Gasteiger partial charge is 0.311 e. The molecule has 11 heteroatoms. The van der Waals surface area contributed by atoms with Crippen molar-refractivity contribution in [3.8, 4) is 6.07 Å². The highest BCUT2D eigenvalue weighted by Gasteiger charge is 2.39. The molecule has 0 amide bonds. The first-order valence-corrected chi connectivity index (χ1v) is 26.4. The van der Waals surface area contributed by atoms with Gasteiger partial charge in [0.05, 0.1) is 76.2 Å². The SMILES string of the molecule is CCCCCCCCCCCCOCCOCCOCCOCCOC(=O)C(C)(C)CC(CC(CC(C#N)CC(CC)c1ccccc1)C(=O)O)C(=O)OCCCCCCCCCCCC. The molecule has 0 radical (unpaired) electrons. The van der Waals surface area contributed by atoms with Crippen molar-refractivity contribution in [3.05, 3.63) is 35.9 Å². The Morgan fingerprint density at radius 2 is 0.985 bits per heavy atom. The van der Waals surface area contributed by atoms with Crippen molar-refractivity contribution in [1.29, 1.82) is 5.26 Å². The fourth-order valence-electron chi connectivity index (χ4n) is 8.48. The Morgan fingerprint density at radius 3 is 1.44 bits per heavy atom. The van der Waals surface area contributed by atoms with Crippen LogP contribution in [0.1, 0.15) is 207 Å². The number of nitrogens with zero attached hydrogens (tertiary/aromatic N) is 1. The fourth-order valence-corrected chi connectivity index (χ4v) is 8.48. The number of benzene rings is 1. The van der Waals surface area contributed by atoms with Crippen LogP contribution in [-0.2, 0) is 42.8 Å². The molecule has 4 unspecified atom stereocenters. The van der Waals surface area contributed by atoms with Crippen LogP contribution in [0.5, 0.6) is 0 Å². The molecule has 11 nitrogen and oxygen atoms in total. The third-order valence-corrected chi connectivity index (χ3v) is 12.6. The first-order valence-electron chi connectivity index (χ1n) is 26.4. The summed E-state index contributed by atoms with van der Waals surface area (Å²) in [7, 11) is 0. The van der Waals surface area contributed by atoms with E-state index in [4.69, 9.17) is 28.4 Å². The van der Waals surface area contributed by atoms with E-state index in [9.17, 15) is 24.8 Å². The quantitative estimate of drug-likeness (QED) is 0.0491. The highest BCUT2D eigenvalue weighted by molar-refractivity contribution is 5.79. The molecule has 66 heavy (non-hydrogen) atoms. The van der Waals surface area contributed by atoms with Crippen molar-refractivity contribution in [2.75, 3.05) is 66.1 Å². The monoisotopic (exact) mass is 930 g/mol. The van der Waals surface area contributed by atoms with Gasteiger partial charge in [0.1, 0.15) is 6.61 Å². The normalized spacial score (nSPS) is 13.5. The van der Waals surface area contributed by atoms with Crippen LogP contribution in [0.25, 0.3) is 0 Å². The Bertz CT molecular complexity index is 1350. The van der Waals surface area contributed by atoms with E-state index in [0.717, 1.165) is 50.7 Å². The third-order valence-electron chi connectivity index (χ3n) is 12.6. The maximum Gasteiger partial charge on any atom is 0.311 e. The molecule has 0 aliphatic rings. The summed E-state index contributed by atoms with van der Waals surface area (Å²) >= 11 is 0. The molecule has 0 aromatic heterocycles. The van der Waals surface area contributed by atoms with Gasteiger partial charge in [0.25, 0.3) is 0 Å². The minimum Gasteiger partial charge on any atom is -0.481 e. The topological polar surface area (TPSA) is 151 Å². The van der Waals surface area contributed by atoms with E-state index in [1.165, 1.54) is 96.3 Å². The van der Waals surface area contributed by atoms with Gasteiger partial charge in [-0.1, -0.05) is 167 Å². The van der Waals surface area contributed by atoms with Crippen molar-refractivity contribution in [3.63, 3.8) is 0 Å². The molecule has 0 aliphatic heterocycles. The average Bonchev–Trinajstić information content (AvgIpc) is 3.31. The van der Waals surface area contributed by atoms with Crippen molar-refractivity contribution >= 4 is 17.9 Å². The zero-order valence-corrected chi connectivity index (χ0v) is 42.5. The number of carbonyl (C=O) groups is 3. The van der Waals surface area contributed by atoms with Gasteiger partial charge >= 0.3 is 17.9 Å². The molecular weight excluding hydrogens is 835 g/mol. The Labute approximate surface area is 402 Å². The molecule has 0 bridgehead atoms. The van der Waals surface area contributed by atoms with Gasteiger partial charge in [0.2, 0.25) is 0 Å². The second-order valence-electron chi connectivity index (χ2n) is 19.0. The molecule has 0 saturated carbocycles. The van der Waals surface area contributed by atoms with E-state index in [2.05, 4.69) is 26.8 Å². The minimum absolute atomic E-state index is 0.0277. The Hall–Kier alpha value is -3.04. The summed E-state index contributed by atoms with van der Waals surface area (Å²) in [6, 6.07) is 12.3. The Balaban J connectivity index is 2.52. The molecule has 0 aliphatic carbocycles. The average molecular weight is 930 g/mol. The molecule has 0 heterocycles. The van der Waals surface area contributed by atoms with Gasteiger partial charge < -0.3 is 33.5 Å². The van der Waals surface area contributed by atoms with Crippen molar-refractivity contribution in [1.82, 2.24) is 0 Å². The predicted molar refractivity (Wildman–Crippen MR) is 264 cm³/mol. The van der Waals surface area contributed by atoms with Crippen molar-refractivity contribution < 1.29 is 47.9 Å². The second kappa shape index (κ2) is 42.1. The molecule has 1 aromatic rings. The number of carboxylic acids is 1. The summed E-state index contributed by atoms with van der Waals surface area (Å²) in [5.41, 5.74) is 0.00636. The van der Waals surface area contributed by atoms with Gasteiger partial charge in [-0.2, -0.15) is 5.26 Å². The van der Waals surface area contributed by atoms with Gasteiger partial charge in [0.15, 0.2) is 0 Å². The van der Waals surface area contributed by atoms with Gasteiger partial charge in [-0.15, -0.1) is 0 Å². The van der Waals surface area contributed by atoms with Crippen LogP contribution in [0, 0.1) is 34.5 Å². The van der Waals surface area contributed by atoms with E-state index in [1.54, 1.807) is 13.8 Å². The van der Waals surface area contributed by atoms with Crippen LogP contribution < -0.4 is 0 Å². The summed E-state index contributed by atoms with van der Waals surface area (Å²) in [6.45, 7) is 14.0. The third kappa shape index (κ3) is 32.6. The fraction of sp³-hybridized carbons (Fsp3) is 0.818. The number of aliphatic carboxylic acids is 1. The number of carbonyl (C=O) groups excluding carboxylic acids is 2. The van der Waals surface area contributed by atoms with Crippen LogP contribution in [0.15, 0.2) is 30.3 Å². The number of hydrogen-bond donors (Lipinski definition) is 1. The molecule has 1 rings (SSSR count). The number of carboxylic acid groups (broad SMARTS) is 1. The standard InChI is InChI=1S/C55H95NO10/c1-6-9-11-13-15-17-19-21-23-28-32-61-34-35-62-36-37-63-38-39-64-40-41-66-54(60)55(4,5)45-51(53(59)65-33-29-24-22-20-18-16-14-12-10-7-2)44-50(52(57)58)43-47(46-56)42-48(8-3)49-30-26-25-27-31-49/h25-27,30-31,47-48,50-51H,6-24,28-29,32-45H2,1-5H3,(H,57,58). The molecule has 4 atom stereocenters. The number of nitriles is 1. The van der Waals surface area contributed by atoms with Gasteiger partial charge in [-0.25, -0.2) is 0 Å². The summed E-state index contributed by atoms with van der Waals surface area (Å²) < 4.78 is 33.9. The molecule has 1 aromatic carbocycles. The van der Waals surface area contributed by atoms with Crippen molar-refractivity contribution in [2.24, 2.45) is 23.2 Å². The van der Waals surface area contributed by atoms with Gasteiger partial charge in [-0.05, 0) is 70.3 Å². The van der Waals surface area contributed by atoms with E-state index >= 15 is 0 Å². The number of esters is 2. The Morgan fingerprint density at radius 1 is 0.545 bits per heavy atom. The first-order chi connectivity index (χ1) is 32.1. The first kappa shape index (κ1) is 61.0. The summed E-state index contributed by atoms with van der Waals surface area (Å²) in [5, 5.41) is 20.6. The van der Waals surface area contributed by atoms with Crippen LogP contribution in [0.4, 0.5) is 0 Å². The maximum atomic E-state index is 13.7. The second-order valence-corrected chi connectivity index (χ2v) is 19.0. The molecule has 0 fully saturated rings. The number of hydrogen-bond acceptors (Lipinski definition) is 10. The lowest BCUT2D eigenvalue weighted by Crippen LogP contribution is -2.35. The van der Waals surface area contributed by atoms with E-state index in [1.807, 2.05) is 30.3 Å². The van der Waals surface area contributed by atoms with Gasteiger partial charge in [0, 0.05) is 12.5 Å². The number of unbranched alkanes of at least 4 members (excludes halogenated alkanes) is 18. The van der Waals surface area contributed by atoms with E-state index < -0.39 is 41.1 Å². The molecular formula is C55H95NO10. The predicted octanol–water partition coefficient (Wildman–Crippen LogP) is 13.2. The summed E-state index contributed by atoms with van der Waals surface area (Å²) in [4.78, 5) is 39.8. The zero-order valence-electron chi connectivity index (χ0n) is 42.5. The molecule has 0 spiro atoms. The maximum absolute atomic E-state index is 13.7. The van der Waals surface area contributed by atoms with Crippen LogP contribution in [-0.4, -0.2) is 89.1 Å². The molecule has 1 N–H and O–H groups in total. The van der Waals surface area contributed by atoms with Crippen LogP contribution >= 0.6 is 0 Å². The van der Waals surface area contributed by atoms with E-state index in [0.29, 0.717) is 46.1 Å².